The highest BCUT2D eigenvalue weighted by Crippen LogP contribution is 2.51. The first kappa shape index (κ1) is 22.8. The highest BCUT2D eigenvalue weighted by Gasteiger charge is 2.24. The minimum atomic E-state index is 0.427. The van der Waals surface area contributed by atoms with Crippen molar-refractivity contribution in [3.8, 4) is 66.8 Å². The Bertz CT molecular complexity index is 2020. The number of rotatable bonds is 3. The Labute approximate surface area is 240 Å². The molecule has 0 amide bonds. The van der Waals surface area contributed by atoms with Gasteiger partial charge >= 0.3 is 0 Å². The zero-order chi connectivity index (χ0) is 27.2. The van der Waals surface area contributed by atoms with Crippen LogP contribution >= 0.6 is 0 Å². The fraction of sp³-hybridized carbons (Fsp3) is 0.0732. The number of fused-ring (bicyclic) bond motifs is 6. The molecule has 0 bridgehead atoms. The fourth-order valence-corrected chi connectivity index (χ4v) is 7.42. The predicted octanol–water partition coefficient (Wildman–Crippen LogP) is 11.7. The van der Waals surface area contributed by atoms with Crippen molar-refractivity contribution >= 4 is 21.5 Å². The maximum atomic E-state index is 2.42. The first-order valence-corrected chi connectivity index (χ1v) is 14.6. The summed E-state index contributed by atoms with van der Waals surface area (Å²) < 4.78 is 0. The SMILES string of the molecule is CC(C)c1cc(-c2ccc3c4c(cccc24)-c2ccccc2-3)cc(-c2ccc3c4c(cccc24)-c2ccccc2-3)c1. The van der Waals surface area contributed by atoms with Gasteiger partial charge in [0.1, 0.15) is 0 Å². The third-order valence-corrected chi connectivity index (χ3v) is 9.34. The van der Waals surface area contributed by atoms with E-state index in [-0.39, 0.29) is 0 Å². The molecule has 2 aliphatic rings. The summed E-state index contributed by atoms with van der Waals surface area (Å²) in [6.45, 7) is 4.61. The van der Waals surface area contributed by atoms with Gasteiger partial charge in [-0.3, -0.25) is 0 Å². The van der Waals surface area contributed by atoms with Crippen molar-refractivity contribution in [1.82, 2.24) is 0 Å². The van der Waals surface area contributed by atoms with Crippen LogP contribution in [0.2, 0.25) is 0 Å². The van der Waals surface area contributed by atoms with Gasteiger partial charge in [-0.05, 0) is 106 Å². The molecule has 0 heteroatoms. The average molecular weight is 521 g/mol. The lowest BCUT2D eigenvalue weighted by Crippen LogP contribution is -1.93. The lowest BCUT2D eigenvalue weighted by atomic mass is 9.87. The van der Waals surface area contributed by atoms with E-state index in [0.717, 1.165) is 0 Å². The summed E-state index contributed by atoms with van der Waals surface area (Å²) in [5, 5.41) is 5.43. The minimum Gasteiger partial charge on any atom is -0.0616 e. The van der Waals surface area contributed by atoms with E-state index in [1.807, 2.05) is 0 Å². The van der Waals surface area contributed by atoms with Crippen LogP contribution in [0.4, 0.5) is 0 Å². The van der Waals surface area contributed by atoms with Crippen LogP contribution in [0.3, 0.4) is 0 Å². The van der Waals surface area contributed by atoms with Gasteiger partial charge in [-0.25, -0.2) is 0 Å². The first-order chi connectivity index (χ1) is 20.2. The molecule has 7 aromatic carbocycles. The van der Waals surface area contributed by atoms with Crippen molar-refractivity contribution in [2.75, 3.05) is 0 Å². The Morgan fingerprint density at radius 1 is 0.341 bits per heavy atom. The summed E-state index contributed by atoms with van der Waals surface area (Å²) in [6, 6.07) is 47.9. The maximum Gasteiger partial charge on any atom is -0.00201 e. The second kappa shape index (κ2) is 8.29. The molecule has 0 heterocycles. The van der Waals surface area contributed by atoms with Gasteiger partial charge in [-0.1, -0.05) is 135 Å². The van der Waals surface area contributed by atoms with Gasteiger partial charge in [0.25, 0.3) is 0 Å². The smallest absolute Gasteiger partial charge is 0.00201 e. The Balaban J connectivity index is 1.29. The molecule has 0 N–H and O–H groups in total. The molecule has 0 fully saturated rings. The first-order valence-electron chi connectivity index (χ1n) is 14.6. The molecule has 7 aromatic rings. The normalized spacial score (nSPS) is 12.4. The molecular formula is C41H28. The van der Waals surface area contributed by atoms with E-state index in [2.05, 4.69) is 141 Å². The molecule has 0 saturated heterocycles. The van der Waals surface area contributed by atoms with E-state index >= 15 is 0 Å². The van der Waals surface area contributed by atoms with Crippen LogP contribution in [0.25, 0.3) is 88.3 Å². The van der Waals surface area contributed by atoms with E-state index in [0.29, 0.717) is 5.92 Å². The van der Waals surface area contributed by atoms with Crippen molar-refractivity contribution in [2.45, 2.75) is 19.8 Å². The molecule has 0 unspecified atom stereocenters. The van der Waals surface area contributed by atoms with Crippen LogP contribution in [-0.4, -0.2) is 0 Å². The number of benzene rings is 7. The summed E-state index contributed by atoms with van der Waals surface area (Å²) in [5.74, 6) is 0.427. The van der Waals surface area contributed by atoms with Gasteiger partial charge < -0.3 is 0 Å². The van der Waals surface area contributed by atoms with Gasteiger partial charge in [-0.2, -0.15) is 0 Å². The largest absolute Gasteiger partial charge is 0.0616 e. The maximum absolute atomic E-state index is 2.42. The molecule has 41 heavy (non-hydrogen) atoms. The Kier molecular flexibility index (Phi) is 4.61. The third-order valence-electron chi connectivity index (χ3n) is 9.34. The Morgan fingerprint density at radius 2 is 0.707 bits per heavy atom. The second-order valence-corrected chi connectivity index (χ2v) is 11.9. The van der Waals surface area contributed by atoms with Gasteiger partial charge in [0.05, 0.1) is 0 Å². The predicted molar refractivity (Wildman–Crippen MR) is 175 cm³/mol. The molecule has 0 aliphatic heterocycles. The van der Waals surface area contributed by atoms with Crippen molar-refractivity contribution in [1.29, 1.82) is 0 Å². The Hall–Kier alpha value is -4.94. The average Bonchev–Trinajstić information content (AvgIpc) is 3.53. The fourth-order valence-electron chi connectivity index (χ4n) is 7.42. The van der Waals surface area contributed by atoms with E-state index in [1.54, 1.807) is 0 Å². The summed E-state index contributed by atoms with van der Waals surface area (Å²) in [5.41, 5.74) is 17.3. The molecule has 0 saturated carbocycles. The minimum absolute atomic E-state index is 0.427. The zero-order valence-electron chi connectivity index (χ0n) is 23.2. The van der Waals surface area contributed by atoms with Crippen molar-refractivity contribution in [2.24, 2.45) is 0 Å². The lowest BCUT2D eigenvalue weighted by Gasteiger charge is -2.17. The van der Waals surface area contributed by atoms with E-state index in [9.17, 15) is 0 Å². The summed E-state index contributed by atoms with van der Waals surface area (Å²) >= 11 is 0. The van der Waals surface area contributed by atoms with Crippen LogP contribution in [0, 0.1) is 0 Å². The second-order valence-electron chi connectivity index (χ2n) is 11.9. The molecule has 192 valence electrons. The summed E-state index contributed by atoms with van der Waals surface area (Å²) in [6.07, 6.45) is 0. The molecule has 0 spiro atoms. The van der Waals surface area contributed by atoms with Crippen LogP contribution in [0.5, 0.6) is 0 Å². The molecule has 2 aliphatic carbocycles. The van der Waals surface area contributed by atoms with Crippen LogP contribution in [0.15, 0.2) is 127 Å². The topological polar surface area (TPSA) is 0 Å². The summed E-state index contributed by atoms with van der Waals surface area (Å²) in [7, 11) is 0. The quantitative estimate of drug-likeness (QED) is 0.217. The molecule has 0 radical (unpaired) electrons. The van der Waals surface area contributed by atoms with Crippen LogP contribution < -0.4 is 0 Å². The number of hydrogen-bond donors (Lipinski definition) is 0. The lowest BCUT2D eigenvalue weighted by molar-refractivity contribution is 0.867. The van der Waals surface area contributed by atoms with Crippen LogP contribution in [0.1, 0.15) is 25.3 Å². The summed E-state index contributed by atoms with van der Waals surface area (Å²) in [4.78, 5) is 0. The molecule has 0 aromatic heterocycles. The van der Waals surface area contributed by atoms with Gasteiger partial charge in [0, 0.05) is 0 Å². The van der Waals surface area contributed by atoms with Gasteiger partial charge in [-0.15, -0.1) is 0 Å². The molecule has 0 atom stereocenters. The van der Waals surface area contributed by atoms with Crippen molar-refractivity contribution in [3.05, 3.63) is 133 Å². The molecule has 9 rings (SSSR count). The van der Waals surface area contributed by atoms with E-state index < -0.39 is 0 Å². The van der Waals surface area contributed by atoms with Crippen molar-refractivity contribution in [3.63, 3.8) is 0 Å². The molecular weight excluding hydrogens is 492 g/mol. The van der Waals surface area contributed by atoms with Gasteiger partial charge in [0.2, 0.25) is 0 Å². The zero-order valence-corrected chi connectivity index (χ0v) is 23.2. The van der Waals surface area contributed by atoms with Crippen molar-refractivity contribution < 1.29 is 0 Å². The Morgan fingerprint density at radius 3 is 1.12 bits per heavy atom. The monoisotopic (exact) mass is 520 g/mol. The number of hydrogen-bond acceptors (Lipinski definition) is 0. The van der Waals surface area contributed by atoms with Crippen LogP contribution in [-0.2, 0) is 0 Å². The highest BCUT2D eigenvalue weighted by molar-refractivity contribution is 6.20. The standard InChI is InChI=1S/C41H28/c1-24(2)25-21-26(28-17-19-38-32-11-5-3-9-30(32)36-15-7-13-34(28)40(36)38)23-27(22-25)29-18-20-39-33-12-6-4-10-31(33)37-16-8-14-35(29)41(37)39/h3-24H,1-2H3. The third kappa shape index (κ3) is 3.11. The van der Waals surface area contributed by atoms with E-state index in [1.165, 1.54) is 93.9 Å². The van der Waals surface area contributed by atoms with E-state index in [4.69, 9.17) is 0 Å². The van der Waals surface area contributed by atoms with Gasteiger partial charge in [0.15, 0.2) is 0 Å². The molecule has 0 nitrogen and oxygen atoms in total. The highest BCUT2D eigenvalue weighted by atomic mass is 14.3.